The first kappa shape index (κ1) is 18.7. The highest BCUT2D eigenvalue weighted by Crippen LogP contribution is 2.21. The van der Waals surface area contributed by atoms with Gasteiger partial charge in [0.15, 0.2) is 6.04 Å². The predicted molar refractivity (Wildman–Crippen MR) is 95.1 cm³/mol. The van der Waals surface area contributed by atoms with E-state index in [0.717, 1.165) is 47.2 Å². The zero-order valence-electron chi connectivity index (χ0n) is 15.2. The number of aryl methyl sites for hydroxylation is 2. The van der Waals surface area contributed by atoms with Crippen LogP contribution in [0, 0.1) is 13.8 Å². The quantitative estimate of drug-likeness (QED) is 0.713. The number of rotatable bonds is 8. The smallest absolute Gasteiger partial charge is 0.282 e. The minimum atomic E-state index is -0.0366. The molecule has 0 aliphatic heterocycles. The van der Waals surface area contributed by atoms with E-state index in [0.29, 0.717) is 0 Å². The Labute approximate surface area is 136 Å². The van der Waals surface area contributed by atoms with Gasteiger partial charge in [-0.05, 0) is 44.7 Å². The molecule has 22 heavy (non-hydrogen) atoms. The van der Waals surface area contributed by atoms with E-state index < -0.39 is 0 Å². The van der Waals surface area contributed by atoms with E-state index in [4.69, 9.17) is 0 Å². The van der Waals surface area contributed by atoms with Gasteiger partial charge in [-0.2, -0.15) is 0 Å². The van der Waals surface area contributed by atoms with Crippen molar-refractivity contribution in [3.05, 3.63) is 29.3 Å². The standard InChI is InChI=1S/C19H32N2O/c1-7-9-14-21(6,13-8-2)17(5)19(22)20-18-15(3)11-10-12-16(18)4/h10-12,17H,7-9,13-14H2,1-6H3/p+1. The maximum atomic E-state index is 12.8. The number of para-hydroxylation sites is 1. The number of carbonyl (C=O) groups is 1. The molecule has 1 aromatic rings. The first-order valence-electron chi connectivity index (χ1n) is 8.57. The predicted octanol–water partition coefficient (Wildman–Crippen LogP) is 4.29. The first-order valence-corrected chi connectivity index (χ1v) is 8.57. The molecule has 0 aliphatic rings. The van der Waals surface area contributed by atoms with Crippen LogP contribution in [0.25, 0.3) is 0 Å². The summed E-state index contributed by atoms with van der Waals surface area (Å²) >= 11 is 0. The minimum Gasteiger partial charge on any atom is -0.320 e. The number of hydrogen-bond acceptors (Lipinski definition) is 1. The topological polar surface area (TPSA) is 29.1 Å². The fourth-order valence-corrected chi connectivity index (χ4v) is 3.05. The molecule has 3 heteroatoms. The van der Waals surface area contributed by atoms with E-state index in [1.165, 1.54) is 6.42 Å². The number of anilines is 1. The van der Waals surface area contributed by atoms with Gasteiger partial charge in [0.1, 0.15) is 0 Å². The summed E-state index contributed by atoms with van der Waals surface area (Å²) in [6.07, 6.45) is 3.43. The summed E-state index contributed by atoms with van der Waals surface area (Å²) in [5.41, 5.74) is 3.22. The number of benzene rings is 1. The molecule has 3 nitrogen and oxygen atoms in total. The van der Waals surface area contributed by atoms with Gasteiger partial charge in [-0.3, -0.25) is 4.79 Å². The third-order valence-electron chi connectivity index (χ3n) is 4.80. The van der Waals surface area contributed by atoms with Crippen LogP contribution in [0.5, 0.6) is 0 Å². The molecule has 0 heterocycles. The highest BCUT2D eigenvalue weighted by molar-refractivity contribution is 5.95. The zero-order valence-corrected chi connectivity index (χ0v) is 15.2. The Kier molecular flexibility index (Phi) is 7.08. The van der Waals surface area contributed by atoms with Crippen molar-refractivity contribution >= 4 is 11.6 Å². The number of carbonyl (C=O) groups excluding carboxylic acids is 1. The number of unbranched alkanes of at least 4 members (excludes halogenated alkanes) is 1. The van der Waals surface area contributed by atoms with E-state index in [-0.39, 0.29) is 11.9 Å². The molecule has 0 radical (unpaired) electrons. The Morgan fingerprint density at radius 3 is 2.23 bits per heavy atom. The van der Waals surface area contributed by atoms with Gasteiger partial charge >= 0.3 is 0 Å². The Morgan fingerprint density at radius 1 is 1.14 bits per heavy atom. The number of nitrogens with zero attached hydrogens (tertiary/aromatic N) is 1. The molecule has 1 aromatic carbocycles. The molecular formula is C19H33N2O+. The highest BCUT2D eigenvalue weighted by Gasteiger charge is 2.33. The van der Waals surface area contributed by atoms with E-state index in [1.54, 1.807) is 0 Å². The van der Waals surface area contributed by atoms with Gasteiger partial charge in [-0.15, -0.1) is 0 Å². The molecule has 0 spiro atoms. The van der Waals surface area contributed by atoms with Crippen molar-refractivity contribution in [3.8, 4) is 0 Å². The Hall–Kier alpha value is -1.35. The van der Waals surface area contributed by atoms with Crippen molar-refractivity contribution < 1.29 is 9.28 Å². The summed E-state index contributed by atoms with van der Waals surface area (Å²) in [6.45, 7) is 12.7. The van der Waals surface area contributed by atoms with Crippen LogP contribution in [0.3, 0.4) is 0 Å². The summed E-state index contributed by atoms with van der Waals surface area (Å²) in [5, 5.41) is 3.16. The third kappa shape index (κ3) is 4.57. The Balaban J connectivity index is 2.90. The molecule has 2 atom stereocenters. The lowest BCUT2D eigenvalue weighted by Gasteiger charge is -2.39. The molecule has 0 aliphatic carbocycles. The van der Waals surface area contributed by atoms with E-state index in [2.05, 4.69) is 33.1 Å². The molecule has 0 saturated carbocycles. The lowest BCUT2D eigenvalue weighted by Crippen LogP contribution is -2.56. The molecule has 1 N–H and O–H groups in total. The number of quaternary nitrogens is 1. The van der Waals surface area contributed by atoms with Gasteiger partial charge in [0.05, 0.1) is 20.1 Å². The Morgan fingerprint density at radius 2 is 1.73 bits per heavy atom. The van der Waals surface area contributed by atoms with Crippen LogP contribution in [0.4, 0.5) is 5.69 Å². The summed E-state index contributed by atoms with van der Waals surface area (Å²) in [7, 11) is 2.22. The van der Waals surface area contributed by atoms with Crippen molar-refractivity contribution in [1.29, 1.82) is 0 Å². The second-order valence-electron chi connectivity index (χ2n) is 6.71. The van der Waals surface area contributed by atoms with Crippen LogP contribution in [0.1, 0.15) is 51.2 Å². The second-order valence-corrected chi connectivity index (χ2v) is 6.71. The van der Waals surface area contributed by atoms with Crippen LogP contribution in [0.15, 0.2) is 18.2 Å². The van der Waals surface area contributed by atoms with Gasteiger partial charge in [0, 0.05) is 5.69 Å². The van der Waals surface area contributed by atoms with E-state index >= 15 is 0 Å². The van der Waals surface area contributed by atoms with Crippen molar-refractivity contribution in [2.45, 2.75) is 59.9 Å². The molecule has 0 aromatic heterocycles. The van der Waals surface area contributed by atoms with Gasteiger partial charge in [-0.1, -0.05) is 38.5 Å². The van der Waals surface area contributed by atoms with Crippen molar-refractivity contribution in [2.75, 3.05) is 25.5 Å². The minimum absolute atomic E-state index is 0.0366. The van der Waals surface area contributed by atoms with E-state index in [9.17, 15) is 4.79 Å². The first-order chi connectivity index (χ1) is 10.4. The van der Waals surface area contributed by atoms with Gasteiger partial charge in [0.25, 0.3) is 5.91 Å². The van der Waals surface area contributed by atoms with Crippen LogP contribution in [-0.4, -0.2) is 36.6 Å². The lowest BCUT2D eigenvalue weighted by molar-refractivity contribution is -0.922. The molecule has 124 valence electrons. The average molecular weight is 305 g/mol. The summed E-state index contributed by atoms with van der Waals surface area (Å²) < 4.78 is 0.821. The summed E-state index contributed by atoms with van der Waals surface area (Å²) in [6, 6.07) is 6.09. The van der Waals surface area contributed by atoms with Gasteiger partial charge in [-0.25, -0.2) is 0 Å². The van der Waals surface area contributed by atoms with Crippen molar-refractivity contribution in [1.82, 2.24) is 0 Å². The zero-order chi connectivity index (χ0) is 16.8. The van der Waals surface area contributed by atoms with Gasteiger partial charge in [0.2, 0.25) is 0 Å². The maximum Gasteiger partial charge on any atom is 0.282 e. The van der Waals surface area contributed by atoms with Crippen LogP contribution >= 0.6 is 0 Å². The molecule has 1 amide bonds. The third-order valence-corrected chi connectivity index (χ3v) is 4.80. The number of amides is 1. The number of nitrogens with one attached hydrogen (secondary N) is 1. The van der Waals surface area contributed by atoms with Crippen molar-refractivity contribution in [2.24, 2.45) is 0 Å². The van der Waals surface area contributed by atoms with Crippen LogP contribution in [0.2, 0.25) is 0 Å². The van der Waals surface area contributed by atoms with Crippen LogP contribution < -0.4 is 5.32 Å². The average Bonchev–Trinajstić information content (AvgIpc) is 2.48. The molecule has 0 fully saturated rings. The number of hydrogen-bond donors (Lipinski definition) is 1. The molecular weight excluding hydrogens is 272 g/mol. The highest BCUT2D eigenvalue weighted by atomic mass is 16.2. The largest absolute Gasteiger partial charge is 0.320 e. The molecule has 0 saturated heterocycles. The van der Waals surface area contributed by atoms with Gasteiger partial charge < -0.3 is 9.80 Å². The molecule has 2 unspecified atom stereocenters. The molecule has 0 bridgehead atoms. The number of likely N-dealkylation sites (N-methyl/N-ethyl adjacent to an activating group) is 1. The summed E-state index contributed by atoms with van der Waals surface area (Å²) in [4.78, 5) is 12.8. The van der Waals surface area contributed by atoms with Crippen LogP contribution in [-0.2, 0) is 4.79 Å². The fraction of sp³-hybridized carbons (Fsp3) is 0.632. The monoisotopic (exact) mass is 305 g/mol. The Bertz CT molecular complexity index is 478. The normalized spacial score (nSPS) is 15.2. The second kappa shape index (κ2) is 8.33. The SMILES string of the molecule is CCCC[N+](C)(CCC)C(C)C(=O)Nc1c(C)cccc1C. The lowest BCUT2D eigenvalue weighted by atomic mass is 10.1. The molecule has 1 rings (SSSR count). The van der Waals surface area contributed by atoms with E-state index in [1.807, 2.05) is 32.0 Å². The van der Waals surface area contributed by atoms with Crippen molar-refractivity contribution in [3.63, 3.8) is 0 Å². The fourth-order valence-electron chi connectivity index (χ4n) is 3.05. The maximum absolute atomic E-state index is 12.8. The summed E-state index contributed by atoms with van der Waals surface area (Å²) in [5.74, 6) is 0.129.